The molecule has 0 aliphatic heterocycles. The topological polar surface area (TPSA) is 62.3 Å². The highest BCUT2D eigenvalue weighted by Crippen LogP contribution is 2.16. The summed E-state index contributed by atoms with van der Waals surface area (Å²) in [5, 5.41) is 0. The summed E-state index contributed by atoms with van der Waals surface area (Å²) in [6.07, 6.45) is 1.50. The second-order valence-corrected chi connectivity index (χ2v) is 6.79. The standard InChI is InChI=1S/C16H20FN3O2S/c1-3-20(4-2)16-10-9-15(11-18-16)19-23(21,22)12-13-5-7-14(17)8-6-13/h5-11,19H,3-4,12H2,1-2H3. The molecule has 1 N–H and O–H groups in total. The second kappa shape index (κ2) is 7.41. The normalized spacial score (nSPS) is 11.3. The molecule has 124 valence electrons. The van der Waals surface area contributed by atoms with Crippen molar-refractivity contribution in [2.24, 2.45) is 0 Å². The van der Waals surface area contributed by atoms with Crippen LogP contribution in [0.15, 0.2) is 42.6 Å². The minimum absolute atomic E-state index is 0.217. The summed E-state index contributed by atoms with van der Waals surface area (Å²) in [6.45, 7) is 5.73. The fourth-order valence-corrected chi connectivity index (χ4v) is 3.38. The Morgan fingerprint density at radius 3 is 2.26 bits per heavy atom. The predicted octanol–water partition coefficient (Wildman–Crippen LogP) is 3.01. The first-order valence-corrected chi connectivity index (χ1v) is 9.04. The summed E-state index contributed by atoms with van der Waals surface area (Å²) < 4.78 is 39.6. The Bertz CT molecular complexity index is 727. The number of halogens is 1. The van der Waals surface area contributed by atoms with Crippen molar-refractivity contribution in [2.75, 3.05) is 22.7 Å². The molecule has 1 aromatic heterocycles. The van der Waals surface area contributed by atoms with Gasteiger partial charge in [0.2, 0.25) is 10.0 Å². The van der Waals surface area contributed by atoms with Gasteiger partial charge in [0, 0.05) is 13.1 Å². The van der Waals surface area contributed by atoms with Gasteiger partial charge in [-0.1, -0.05) is 12.1 Å². The lowest BCUT2D eigenvalue weighted by molar-refractivity contribution is 0.600. The molecule has 2 rings (SSSR count). The molecule has 0 amide bonds. The number of pyridine rings is 1. The smallest absolute Gasteiger partial charge is 0.236 e. The number of nitrogens with zero attached hydrogens (tertiary/aromatic N) is 2. The van der Waals surface area contributed by atoms with Gasteiger partial charge in [-0.05, 0) is 43.7 Å². The molecule has 0 fully saturated rings. The molecule has 23 heavy (non-hydrogen) atoms. The summed E-state index contributed by atoms with van der Waals surface area (Å²) in [5.74, 6) is 0.192. The summed E-state index contributed by atoms with van der Waals surface area (Å²) in [5.41, 5.74) is 0.926. The zero-order chi connectivity index (χ0) is 16.9. The van der Waals surface area contributed by atoms with E-state index in [1.807, 2.05) is 13.8 Å². The maximum Gasteiger partial charge on any atom is 0.236 e. The number of anilines is 2. The Morgan fingerprint density at radius 1 is 1.09 bits per heavy atom. The van der Waals surface area contributed by atoms with Gasteiger partial charge >= 0.3 is 0 Å². The highest BCUT2D eigenvalue weighted by Gasteiger charge is 2.12. The lowest BCUT2D eigenvalue weighted by atomic mass is 10.2. The molecular formula is C16H20FN3O2S. The van der Waals surface area contributed by atoms with Crippen molar-refractivity contribution in [1.29, 1.82) is 0 Å². The highest BCUT2D eigenvalue weighted by atomic mass is 32.2. The molecule has 0 spiro atoms. The maximum atomic E-state index is 12.9. The number of benzene rings is 1. The van der Waals surface area contributed by atoms with E-state index >= 15 is 0 Å². The van der Waals surface area contributed by atoms with E-state index in [-0.39, 0.29) is 5.75 Å². The van der Waals surface area contributed by atoms with Crippen molar-refractivity contribution in [3.05, 3.63) is 54.0 Å². The fourth-order valence-electron chi connectivity index (χ4n) is 2.20. The largest absolute Gasteiger partial charge is 0.357 e. The second-order valence-electron chi connectivity index (χ2n) is 5.06. The maximum absolute atomic E-state index is 12.9. The molecule has 0 atom stereocenters. The van der Waals surface area contributed by atoms with E-state index in [9.17, 15) is 12.8 Å². The number of hydrogen-bond acceptors (Lipinski definition) is 4. The molecule has 2 aromatic rings. The van der Waals surface area contributed by atoms with Gasteiger partial charge in [0.15, 0.2) is 0 Å². The summed E-state index contributed by atoms with van der Waals surface area (Å²) in [4.78, 5) is 6.34. The van der Waals surface area contributed by atoms with Crippen molar-refractivity contribution in [2.45, 2.75) is 19.6 Å². The Morgan fingerprint density at radius 2 is 1.74 bits per heavy atom. The van der Waals surface area contributed by atoms with Crippen LogP contribution in [-0.2, 0) is 15.8 Å². The molecule has 0 aliphatic carbocycles. The lowest BCUT2D eigenvalue weighted by Crippen LogP contribution is -2.23. The van der Waals surface area contributed by atoms with Crippen LogP contribution in [0.5, 0.6) is 0 Å². The van der Waals surface area contributed by atoms with Gasteiger partial charge in [0.25, 0.3) is 0 Å². The van der Waals surface area contributed by atoms with Gasteiger partial charge in [-0.2, -0.15) is 0 Å². The summed E-state index contributed by atoms with van der Waals surface area (Å²) >= 11 is 0. The molecule has 0 radical (unpaired) electrons. The average molecular weight is 337 g/mol. The number of sulfonamides is 1. The number of nitrogens with one attached hydrogen (secondary N) is 1. The van der Waals surface area contributed by atoms with Crippen molar-refractivity contribution in [1.82, 2.24) is 4.98 Å². The summed E-state index contributed by atoms with van der Waals surface area (Å²) in [6, 6.07) is 8.86. The third-order valence-corrected chi connectivity index (χ3v) is 4.64. The van der Waals surface area contributed by atoms with Crippen molar-refractivity contribution in [3.8, 4) is 0 Å². The average Bonchev–Trinajstić information content (AvgIpc) is 2.52. The molecule has 7 heteroatoms. The van der Waals surface area contributed by atoms with E-state index in [0.29, 0.717) is 11.3 Å². The van der Waals surface area contributed by atoms with Crippen LogP contribution in [0, 0.1) is 5.82 Å². The van der Waals surface area contributed by atoms with Crippen molar-refractivity contribution >= 4 is 21.5 Å². The van der Waals surface area contributed by atoms with Crippen LogP contribution in [0.1, 0.15) is 19.4 Å². The molecule has 1 heterocycles. The van der Waals surface area contributed by atoms with Crippen LogP contribution in [0.2, 0.25) is 0 Å². The first-order valence-electron chi connectivity index (χ1n) is 7.39. The molecule has 0 saturated heterocycles. The van der Waals surface area contributed by atoms with Crippen LogP contribution in [0.25, 0.3) is 0 Å². The van der Waals surface area contributed by atoms with E-state index in [1.54, 1.807) is 12.1 Å². The number of aromatic nitrogens is 1. The van der Waals surface area contributed by atoms with Crippen molar-refractivity contribution < 1.29 is 12.8 Å². The summed E-state index contributed by atoms with van der Waals surface area (Å²) in [7, 11) is -3.57. The van der Waals surface area contributed by atoms with E-state index in [0.717, 1.165) is 18.9 Å². The quantitative estimate of drug-likeness (QED) is 0.844. The van der Waals surface area contributed by atoms with Gasteiger partial charge in [-0.3, -0.25) is 4.72 Å². The van der Waals surface area contributed by atoms with E-state index in [1.165, 1.54) is 30.5 Å². The zero-order valence-electron chi connectivity index (χ0n) is 13.2. The number of hydrogen-bond donors (Lipinski definition) is 1. The lowest BCUT2D eigenvalue weighted by Gasteiger charge is -2.19. The monoisotopic (exact) mass is 337 g/mol. The minimum atomic E-state index is -3.57. The Labute approximate surface area is 136 Å². The molecule has 0 aliphatic rings. The van der Waals surface area contributed by atoms with E-state index < -0.39 is 15.8 Å². The first-order chi connectivity index (χ1) is 10.9. The number of rotatable bonds is 7. The Kier molecular flexibility index (Phi) is 5.54. The molecule has 0 unspecified atom stereocenters. The molecule has 0 saturated carbocycles. The molecule has 0 bridgehead atoms. The van der Waals surface area contributed by atoms with Gasteiger partial charge in [-0.25, -0.2) is 17.8 Å². The fraction of sp³-hybridized carbons (Fsp3) is 0.312. The third kappa shape index (κ3) is 4.92. The van der Waals surface area contributed by atoms with Gasteiger partial charge < -0.3 is 4.90 Å². The van der Waals surface area contributed by atoms with E-state index in [2.05, 4.69) is 14.6 Å². The predicted molar refractivity (Wildman–Crippen MR) is 90.4 cm³/mol. The SMILES string of the molecule is CCN(CC)c1ccc(NS(=O)(=O)Cc2ccc(F)cc2)cn1. The van der Waals surface area contributed by atoms with Crippen LogP contribution in [-0.4, -0.2) is 26.5 Å². The van der Waals surface area contributed by atoms with Crippen molar-refractivity contribution in [3.63, 3.8) is 0 Å². The van der Waals surface area contributed by atoms with Gasteiger partial charge in [-0.15, -0.1) is 0 Å². The minimum Gasteiger partial charge on any atom is -0.357 e. The van der Waals surface area contributed by atoms with Crippen LogP contribution in [0.3, 0.4) is 0 Å². The van der Waals surface area contributed by atoms with Crippen LogP contribution >= 0.6 is 0 Å². The molecule has 5 nitrogen and oxygen atoms in total. The van der Waals surface area contributed by atoms with Gasteiger partial charge in [0.1, 0.15) is 11.6 Å². The Hall–Kier alpha value is -2.15. The van der Waals surface area contributed by atoms with Crippen LogP contribution in [0.4, 0.5) is 15.9 Å². The third-order valence-electron chi connectivity index (χ3n) is 3.38. The van der Waals surface area contributed by atoms with Gasteiger partial charge in [0.05, 0.1) is 17.6 Å². The zero-order valence-corrected chi connectivity index (χ0v) is 14.0. The van der Waals surface area contributed by atoms with E-state index in [4.69, 9.17) is 0 Å². The molecule has 1 aromatic carbocycles. The highest BCUT2D eigenvalue weighted by molar-refractivity contribution is 7.91. The van der Waals surface area contributed by atoms with Crippen LogP contribution < -0.4 is 9.62 Å². The Balaban J connectivity index is 2.06. The molecular weight excluding hydrogens is 317 g/mol. The first kappa shape index (κ1) is 17.2.